The van der Waals surface area contributed by atoms with Crippen molar-refractivity contribution >= 4 is 5.91 Å². The Morgan fingerprint density at radius 1 is 1.38 bits per heavy atom. The summed E-state index contributed by atoms with van der Waals surface area (Å²) in [6.45, 7) is 1.57. The van der Waals surface area contributed by atoms with Gasteiger partial charge in [0.1, 0.15) is 0 Å². The Bertz CT molecular complexity index is 350. The first-order chi connectivity index (χ1) is 7.75. The van der Waals surface area contributed by atoms with Crippen molar-refractivity contribution in [1.29, 1.82) is 0 Å². The van der Waals surface area contributed by atoms with Gasteiger partial charge in [-0.1, -0.05) is 30.3 Å². The number of rotatable bonds is 2. The third-order valence-electron chi connectivity index (χ3n) is 3.01. The van der Waals surface area contributed by atoms with E-state index < -0.39 is 0 Å². The fourth-order valence-corrected chi connectivity index (χ4v) is 2.12. The monoisotopic (exact) mass is 218 g/mol. The molecule has 1 unspecified atom stereocenters. The number of carbonyl (C=O) groups is 1. The largest absolute Gasteiger partial charge is 0.341 e. The smallest absolute Gasteiger partial charge is 0.227 e. The van der Waals surface area contributed by atoms with Gasteiger partial charge in [0.2, 0.25) is 5.91 Å². The fraction of sp³-hybridized carbons (Fsp3) is 0.462. The van der Waals surface area contributed by atoms with Crippen LogP contribution in [0, 0.1) is 0 Å². The van der Waals surface area contributed by atoms with Crippen LogP contribution in [0.4, 0.5) is 0 Å². The first kappa shape index (κ1) is 11.1. The van der Waals surface area contributed by atoms with Gasteiger partial charge in [-0.2, -0.15) is 0 Å². The van der Waals surface area contributed by atoms with Crippen LogP contribution in [0.25, 0.3) is 0 Å². The van der Waals surface area contributed by atoms with Gasteiger partial charge in [-0.25, -0.2) is 0 Å². The maximum Gasteiger partial charge on any atom is 0.227 e. The van der Waals surface area contributed by atoms with E-state index in [1.807, 2.05) is 35.2 Å². The summed E-state index contributed by atoms with van der Waals surface area (Å²) in [5.41, 5.74) is 6.94. The van der Waals surface area contributed by atoms with Crippen LogP contribution in [0.2, 0.25) is 0 Å². The van der Waals surface area contributed by atoms with E-state index >= 15 is 0 Å². The summed E-state index contributed by atoms with van der Waals surface area (Å²) in [5.74, 6) is 0.196. The van der Waals surface area contributed by atoms with Crippen molar-refractivity contribution in [2.24, 2.45) is 5.73 Å². The Hall–Kier alpha value is -1.35. The van der Waals surface area contributed by atoms with E-state index in [0.717, 1.165) is 24.9 Å². The molecule has 3 nitrogen and oxygen atoms in total. The Labute approximate surface area is 96.2 Å². The average molecular weight is 218 g/mol. The minimum Gasteiger partial charge on any atom is -0.341 e. The van der Waals surface area contributed by atoms with Gasteiger partial charge in [0.15, 0.2) is 0 Å². The number of benzene rings is 1. The summed E-state index contributed by atoms with van der Waals surface area (Å²) in [6.07, 6.45) is 2.56. The van der Waals surface area contributed by atoms with Crippen LogP contribution in [-0.2, 0) is 11.2 Å². The van der Waals surface area contributed by atoms with E-state index in [4.69, 9.17) is 5.73 Å². The Morgan fingerprint density at radius 3 is 2.81 bits per heavy atom. The van der Waals surface area contributed by atoms with Crippen molar-refractivity contribution in [3.63, 3.8) is 0 Å². The number of carbonyl (C=O) groups excluding carboxylic acids is 1. The van der Waals surface area contributed by atoms with Gasteiger partial charge in [-0.15, -0.1) is 0 Å². The first-order valence-electron chi connectivity index (χ1n) is 5.83. The van der Waals surface area contributed by atoms with Gasteiger partial charge in [0.25, 0.3) is 0 Å². The van der Waals surface area contributed by atoms with Crippen molar-refractivity contribution in [1.82, 2.24) is 4.90 Å². The molecule has 0 radical (unpaired) electrons. The predicted octanol–water partition coefficient (Wildman–Crippen LogP) is 1.18. The minimum absolute atomic E-state index is 0.161. The van der Waals surface area contributed by atoms with E-state index in [2.05, 4.69) is 0 Å². The molecule has 1 heterocycles. The number of amides is 1. The number of hydrogen-bond acceptors (Lipinski definition) is 2. The molecule has 2 N–H and O–H groups in total. The highest BCUT2D eigenvalue weighted by Gasteiger charge is 2.20. The molecular weight excluding hydrogens is 200 g/mol. The van der Waals surface area contributed by atoms with Crippen molar-refractivity contribution < 1.29 is 4.79 Å². The highest BCUT2D eigenvalue weighted by atomic mass is 16.2. The lowest BCUT2D eigenvalue weighted by atomic mass is 10.1. The van der Waals surface area contributed by atoms with Crippen LogP contribution in [0.1, 0.15) is 18.4 Å². The molecule has 2 rings (SSSR count). The van der Waals surface area contributed by atoms with Crippen LogP contribution in [-0.4, -0.2) is 29.9 Å². The van der Waals surface area contributed by atoms with Crippen molar-refractivity contribution in [3.8, 4) is 0 Å². The summed E-state index contributed by atoms with van der Waals surface area (Å²) in [7, 11) is 0. The summed E-state index contributed by atoms with van der Waals surface area (Å²) >= 11 is 0. The molecule has 0 aliphatic carbocycles. The Morgan fingerprint density at radius 2 is 2.12 bits per heavy atom. The molecule has 1 aliphatic rings. The van der Waals surface area contributed by atoms with Crippen LogP contribution >= 0.6 is 0 Å². The second-order valence-corrected chi connectivity index (χ2v) is 4.40. The zero-order valence-electron chi connectivity index (χ0n) is 9.43. The lowest BCUT2D eigenvalue weighted by molar-refractivity contribution is -0.131. The lowest BCUT2D eigenvalue weighted by Crippen LogP contribution is -2.46. The molecule has 3 heteroatoms. The van der Waals surface area contributed by atoms with Gasteiger partial charge in [0, 0.05) is 19.1 Å². The molecule has 1 fully saturated rings. The van der Waals surface area contributed by atoms with Crippen LogP contribution in [0.5, 0.6) is 0 Å². The molecule has 1 aromatic carbocycles. The molecule has 1 saturated heterocycles. The van der Waals surface area contributed by atoms with Crippen LogP contribution in [0.15, 0.2) is 30.3 Å². The number of piperidine rings is 1. The van der Waals surface area contributed by atoms with E-state index in [9.17, 15) is 4.79 Å². The Kier molecular flexibility index (Phi) is 3.57. The normalized spacial score (nSPS) is 20.8. The molecular formula is C13H18N2O. The highest BCUT2D eigenvalue weighted by molar-refractivity contribution is 5.78. The zero-order valence-corrected chi connectivity index (χ0v) is 9.43. The molecule has 0 saturated carbocycles. The average Bonchev–Trinajstić information content (AvgIpc) is 2.30. The van der Waals surface area contributed by atoms with E-state index in [1.165, 1.54) is 0 Å². The van der Waals surface area contributed by atoms with Crippen LogP contribution < -0.4 is 5.73 Å². The van der Waals surface area contributed by atoms with Gasteiger partial charge in [0.05, 0.1) is 6.42 Å². The summed E-state index contributed by atoms with van der Waals surface area (Å²) in [5, 5.41) is 0. The fourth-order valence-electron chi connectivity index (χ4n) is 2.12. The number of likely N-dealkylation sites (tertiary alicyclic amines) is 1. The molecule has 1 amide bonds. The van der Waals surface area contributed by atoms with Gasteiger partial charge in [-0.3, -0.25) is 4.79 Å². The molecule has 86 valence electrons. The van der Waals surface area contributed by atoms with E-state index in [-0.39, 0.29) is 11.9 Å². The number of nitrogens with two attached hydrogens (primary N) is 1. The highest BCUT2D eigenvalue weighted by Crippen LogP contribution is 2.10. The van der Waals surface area contributed by atoms with Gasteiger partial charge in [-0.05, 0) is 18.4 Å². The van der Waals surface area contributed by atoms with Gasteiger partial charge >= 0.3 is 0 Å². The molecule has 1 aromatic rings. The third-order valence-corrected chi connectivity index (χ3v) is 3.01. The van der Waals surface area contributed by atoms with Crippen LogP contribution in [0.3, 0.4) is 0 Å². The Balaban J connectivity index is 1.93. The standard InChI is InChI=1S/C13H18N2O/c14-12-7-4-8-15(10-12)13(16)9-11-5-2-1-3-6-11/h1-3,5-6,12H,4,7-10,14H2. The topological polar surface area (TPSA) is 46.3 Å². The minimum atomic E-state index is 0.161. The molecule has 0 aromatic heterocycles. The SMILES string of the molecule is NC1CCCN(C(=O)Cc2ccccc2)C1. The maximum absolute atomic E-state index is 12.0. The molecule has 0 bridgehead atoms. The van der Waals surface area contributed by atoms with Crippen molar-refractivity contribution in [2.75, 3.05) is 13.1 Å². The van der Waals surface area contributed by atoms with Crippen molar-refractivity contribution in [3.05, 3.63) is 35.9 Å². The predicted molar refractivity (Wildman–Crippen MR) is 63.9 cm³/mol. The van der Waals surface area contributed by atoms with E-state index in [0.29, 0.717) is 13.0 Å². The molecule has 1 aliphatic heterocycles. The van der Waals surface area contributed by atoms with Gasteiger partial charge < -0.3 is 10.6 Å². The summed E-state index contributed by atoms with van der Waals surface area (Å²) < 4.78 is 0. The second-order valence-electron chi connectivity index (χ2n) is 4.40. The molecule has 0 spiro atoms. The summed E-state index contributed by atoms with van der Waals surface area (Å²) in [4.78, 5) is 13.9. The second kappa shape index (κ2) is 5.12. The third kappa shape index (κ3) is 2.83. The number of hydrogen-bond donors (Lipinski definition) is 1. The maximum atomic E-state index is 12.0. The zero-order chi connectivity index (χ0) is 11.4. The van der Waals surface area contributed by atoms with E-state index in [1.54, 1.807) is 0 Å². The van der Waals surface area contributed by atoms with Crippen molar-refractivity contribution in [2.45, 2.75) is 25.3 Å². The quantitative estimate of drug-likeness (QED) is 0.810. The molecule has 1 atom stereocenters. The summed E-state index contributed by atoms with van der Waals surface area (Å²) in [6, 6.07) is 10.0. The first-order valence-corrected chi connectivity index (χ1v) is 5.83. The molecule has 16 heavy (non-hydrogen) atoms. The number of nitrogens with zero attached hydrogens (tertiary/aromatic N) is 1. The lowest BCUT2D eigenvalue weighted by Gasteiger charge is -2.30.